The molecule has 1 N–H and O–H groups in total. The first kappa shape index (κ1) is 20.4. The molecule has 0 aromatic heterocycles. The first-order valence-electron chi connectivity index (χ1n) is 8.84. The van der Waals surface area contributed by atoms with Crippen LogP contribution in [-0.4, -0.2) is 38.8 Å². The topological polar surface area (TPSA) is 77.1 Å². The van der Waals surface area contributed by atoms with Gasteiger partial charge < -0.3 is 19.5 Å². The largest absolute Gasteiger partial charge is 0.493 e. The molecule has 29 heavy (non-hydrogen) atoms. The lowest BCUT2D eigenvalue weighted by atomic mass is 10.1. The summed E-state index contributed by atoms with van der Waals surface area (Å²) in [5, 5.41) is 2.73. The Bertz CT molecular complexity index is 920. The molecule has 1 saturated heterocycles. The van der Waals surface area contributed by atoms with E-state index in [1.807, 2.05) is 6.92 Å². The van der Waals surface area contributed by atoms with Crippen LogP contribution in [0.25, 0.3) is 0 Å². The monoisotopic (exact) mass is 406 g/mol. The first-order valence-corrected chi connectivity index (χ1v) is 8.84. The molecule has 0 bridgehead atoms. The zero-order valence-corrected chi connectivity index (χ0v) is 15.9. The molecular weight excluding hydrogens is 386 g/mol. The summed E-state index contributed by atoms with van der Waals surface area (Å²) in [6.45, 7) is -0.0852. The third kappa shape index (κ3) is 4.74. The molecule has 2 aromatic carbocycles. The lowest BCUT2D eigenvalue weighted by Crippen LogP contribution is -2.28. The highest BCUT2D eigenvalue weighted by Gasteiger charge is 2.23. The van der Waals surface area contributed by atoms with Gasteiger partial charge in [-0.15, -0.1) is 0 Å². The van der Waals surface area contributed by atoms with Crippen LogP contribution in [0.3, 0.4) is 0 Å². The van der Waals surface area contributed by atoms with E-state index in [-0.39, 0.29) is 24.1 Å². The fourth-order valence-electron chi connectivity index (χ4n) is 3.01. The molecule has 0 atom stereocenters. The third-order valence-corrected chi connectivity index (χ3v) is 4.39. The molecule has 154 valence electrons. The number of ether oxygens (including phenoxy) is 3. The number of nitrogens with zero attached hydrogens (tertiary/aromatic N) is 1. The number of anilines is 1. The Morgan fingerprint density at radius 1 is 1.21 bits per heavy atom. The number of methoxy groups -OCH3 is 1. The van der Waals surface area contributed by atoms with Crippen LogP contribution in [0.1, 0.15) is 21.5 Å². The van der Waals surface area contributed by atoms with E-state index in [0.717, 1.165) is 11.3 Å². The lowest BCUT2D eigenvalue weighted by molar-refractivity contribution is -0.0512. The smallest absolute Gasteiger partial charge is 0.387 e. The predicted molar refractivity (Wildman–Crippen MR) is 101 cm³/mol. The third-order valence-electron chi connectivity index (χ3n) is 4.39. The molecule has 1 fully saturated rings. The SMILES string of the molecule is COc1cc(COC(=O)c2ccc(N3CCNC3=O)c(C)c2)ccc1OC(F)F. The molecule has 1 aliphatic heterocycles. The van der Waals surface area contributed by atoms with Crippen LogP contribution in [0.2, 0.25) is 0 Å². The van der Waals surface area contributed by atoms with E-state index in [9.17, 15) is 18.4 Å². The summed E-state index contributed by atoms with van der Waals surface area (Å²) in [6.07, 6.45) is 0. The maximum atomic E-state index is 12.4. The number of rotatable bonds is 7. The predicted octanol–water partition coefficient (Wildman–Crippen LogP) is 3.49. The quantitative estimate of drug-likeness (QED) is 0.713. The number of esters is 1. The van der Waals surface area contributed by atoms with E-state index in [1.54, 1.807) is 23.1 Å². The van der Waals surface area contributed by atoms with E-state index in [0.29, 0.717) is 24.2 Å². The lowest BCUT2D eigenvalue weighted by Gasteiger charge is -2.17. The van der Waals surface area contributed by atoms with Crippen molar-refractivity contribution < 1.29 is 32.6 Å². The number of carbonyl (C=O) groups is 2. The zero-order chi connectivity index (χ0) is 21.0. The minimum absolute atomic E-state index is 0.0700. The summed E-state index contributed by atoms with van der Waals surface area (Å²) >= 11 is 0. The Morgan fingerprint density at radius 2 is 2.00 bits per heavy atom. The Morgan fingerprint density at radius 3 is 2.62 bits per heavy atom. The van der Waals surface area contributed by atoms with Gasteiger partial charge in [0.15, 0.2) is 11.5 Å². The summed E-state index contributed by atoms with van der Waals surface area (Å²) in [4.78, 5) is 25.8. The van der Waals surface area contributed by atoms with E-state index >= 15 is 0 Å². The summed E-state index contributed by atoms with van der Waals surface area (Å²) in [5.41, 5.74) is 2.40. The standard InChI is InChI=1S/C20H20F2N2O5/c1-12-9-14(4-5-15(12)24-8-7-23-20(24)26)18(25)28-11-13-3-6-16(29-19(21)22)17(10-13)27-2/h3-6,9-10,19H,7-8,11H2,1-2H3,(H,23,26). The molecule has 9 heteroatoms. The van der Waals surface area contributed by atoms with E-state index in [4.69, 9.17) is 9.47 Å². The van der Waals surface area contributed by atoms with Crippen molar-refractivity contribution in [3.63, 3.8) is 0 Å². The van der Waals surface area contributed by atoms with Gasteiger partial charge in [0, 0.05) is 18.8 Å². The number of nitrogens with one attached hydrogen (secondary N) is 1. The van der Waals surface area contributed by atoms with Crippen LogP contribution in [0.4, 0.5) is 19.3 Å². The molecule has 3 rings (SSSR count). The summed E-state index contributed by atoms with van der Waals surface area (Å²) in [7, 11) is 1.33. The molecule has 0 spiro atoms. The van der Waals surface area contributed by atoms with Crippen LogP contribution < -0.4 is 19.7 Å². The van der Waals surface area contributed by atoms with Crippen molar-refractivity contribution in [1.29, 1.82) is 0 Å². The Labute approximate surface area is 166 Å². The number of hydrogen-bond acceptors (Lipinski definition) is 5. The van der Waals surface area contributed by atoms with Gasteiger partial charge in [0.1, 0.15) is 6.61 Å². The van der Waals surface area contributed by atoms with Gasteiger partial charge in [-0.1, -0.05) is 6.07 Å². The minimum atomic E-state index is -2.97. The molecule has 0 unspecified atom stereocenters. The van der Waals surface area contributed by atoms with Gasteiger partial charge in [-0.05, 0) is 48.4 Å². The van der Waals surface area contributed by atoms with Crippen molar-refractivity contribution in [3.8, 4) is 11.5 Å². The van der Waals surface area contributed by atoms with Crippen molar-refractivity contribution in [3.05, 3.63) is 53.1 Å². The molecule has 7 nitrogen and oxygen atoms in total. The van der Waals surface area contributed by atoms with Gasteiger partial charge in [0.05, 0.1) is 12.7 Å². The number of halogens is 2. The van der Waals surface area contributed by atoms with Crippen LogP contribution in [0.5, 0.6) is 11.5 Å². The van der Waals surface area contributed by atoms with Crippen LogP contribution in [0, 0.1) is 6.92 Å². The van der Waals surface area contributed by atoms with Crippen LogP contribution in [-0.2, 0) is 11.3 Å². The van der Waals surface area contributed by atoms with Gasteiger partial charge in [-0.3, -0.25) is 4.90 Å². The number of aryl methyl sites for hydroxylation is 1. The number of alkyl halides is 2. The highest BCUT2D eigenvalue weighted by atomic mass is 19.3. The van der Waals surface area contributed by atoms with Crippen molar-refractivity contribution in [2.24, 2.45) is 0 Å². The Balaban J connectivity index is 1.66. The summed E-state index contributed by atoms with van der Waals surface area (Å²) in [5.74, 6) is -0.532. The molecular formula is C20H20F2N2O5. The van der Waals surface area contributed by atoms with Crippen LogP contribution in [0.15, 0.2) is 36.4 Å². The van der Waals surface area contributed by atoms with E-state index < -0.39 is 12.6 Å². The highest BCUT2D eigenvalue weighted by molar-refractivity contribution is 5.96. The maximum absolute atomic E-state index is 12.4. The van der Waals surface area contributed by atoms with Gasteiger partial charge in [-0.2, -0.15) is 8.78 Å². The zero-order valence-electron chi connectivity index (χ0n) is 15.9. The summed E-state index contributed by atoms with van der Waals surface area (Å²) in [6, 6.07) is 9.08. The van der Waals surface area contributed by atoms with Gasteiger partial charge >= 0.3 is 18.6 Å². The number of urea groups is 1. The van der Waals surface area contributed by atoms with Gasteiger partial charge in [-0.25, -0.2) is 9.59 Å². The molecule has 0 radical (unpaired) electrons. The normalized spacial score (nSPS) is 13.4. The average Bonchev–Trinajstić information content (AvgIpc) is 3.12. The minimum Gasteiger partial charge on any atom is -0.493 e. The van der Waals surface area contributed by atoms with Crippen molar-refractivity contribution >= 4 is 17.7 Å². The van der Waals surface area contributed by atoms with Crippen molar-refractivity contribution in [2.45, 2.75) is 20.1 Å². The molecule has 1 aliphatic rings. The maximum Gasteiger partial charge on any atom is 0.387 e. The fourth-order valence-corrected chi connectivity index (χ4v) is 3.01. The van der Waals surface area contributed by atoms with Gasteiger partial charge in [0.2, 0.25) is 0 Å². The number of benzene rings is 2. The second-order valence-electron chi connectivity index (χ2n) is 6.32. The molecule has 2 amide bonds. The molecule has 0 aliphatic carbocycles. The van der Waals surface area contributed by atoms with Crippen LogP contribution >= 0.6 is 0 Å². The summed E-state index contributed by atoms with van der Waals surface area (Å²) < 4.78 is 39.5. The molecule has 2 aromatic rings. The average molecular weight is 406 g/mol. The van der Waals surface area contributed by atoms with Gasteiger partial charge in [0.25, 0.3) is 0 Å². The van der Waals surface area contributed by atoms with E-state index in [1.165, 1.54) is 25.3 Å². The Kier molecular flexibility index (Phi) is 6.16. The highest BCUT2D eigenvalue weighted by Crippen LogP contribution is 2.30. The van der Waals surface area contributed by atoms with E-state index in [2.05, 4.69) is 10.1 Å². The fraction of sp³-hybridized carbons (Fsp3) is 0.300. The molecule has 0 saturated carbocycles. The van der Waals surface area contributed by atoms with Crippen molar-refractivity contribution in [2.75, 3.05) is 25.1 Å². The second kappa shape index (κ2) is 8.76. The number of amides is 2. The number of hydrogen-bond donors (Lipinski definition) is 1. The second-order valence-corrected chi connectivity index (χ2v) is 6.32. The molecule has 1 heterocycles. The van der Waals surface area contributed by atoms with Crippen molar-refractivity contribution in [1.82, 2.24) is 5.32 Å². The Hall–Kier alpha value is -3.36. The number of carbonyl (C=O) groups excluding carboxylic acids is 2. The first-order chi connectivity index (χ1) is 13.9.